The van der Waals surface area contributed by atoms with Gasteiger partial charge in [-0.2, -0.15) is 0 Å². The summed E-state index contributed by atoms with van der Waals surface area (Å²) >= 11 is 1.87. The standard InChI is InChI=1S/C14H23BO2S/c1-7-8-11-9-12(10(2)18-11)15-16-13(3,4)14(5,6)17-15/h9H,7-8H2,1-6H3. The lowest BCUT2D eigenvalue weighted by Gasteiger charge is -2.32. The predicted molar refractivity (Wildman–Crippen MR) is 78.8 cm³/mol. The average Bonchev–Trinajstić information content (AvgIpc) is 2.66. The maximum Gasteiger partial charge on any atom is 0.495 e. The van der Waals surface area contributed by atoms with Gasteiger partial charge in [-0.15, -0.1) is 11.3 Å². The molecule has 0 amide bonds. The van der Waals surface area contributed by atoms with Crippen LogP contribution in [0.5, 0.6) is 0 Å². The molecule has 0 spiro atoms. The third-order valence-electron chi connectivity index (χ3n) is 4.01. The van der Waals surface area contributed by atoms with Crippen molar-refractivity contribution in [3.8, 4) is 0 Å². The largest absolute Gasteiger partial charge is 0.495 e. The Kier molecular flexibility index (Phi) is 3.65. The van der Waals surface area contributed by atoms with Crippen molar-refractivity contribution in [3.63, 3.8) is 0 Å². The Balaban J connectivity index is 2.24. The normalized spacial score (nSPS) is 21.6. The van der Waals surface area contributed by atoms with Gasteiger partial charge in [0.1, 0.15) is 0 Å². The highest BCUT2D eigenvalue weighted by molar-refractivity contribution is 7.13. The fourth-order valence-electron chi connectivity index (χ4n) is 2.13. The van der Waals surface area contributed by atoms with Gasteiger partial charge >= 0.3 is 7.12 Å². The van der Waals surface area contributed by atoms with E-state index >= 15 is 0 Å². The van der Waals surface area contributed by atoms with Crippen molar-refractivity contribution in [1.29, 1.82) is 0 Å². The van der Waals surface area contributed by atoms with Crippen LogP contribution in [0.1, 0.15) is 50.8 Å². The number of hydrogen-bond donors (Lipinski definition) is 0. The van der Waals surface area contributed by atoms with Crippen molar-refractivity contribution in [2.75, 3.05) is 0 Å². The van der Waals surface area contributed by atoms with Crippen LogP contribution in [0.3, 0.4) is 0 Å². The molecule has 2 nitrogen and oxygen atoms in total. The fourth-order valence-corrected chi connectivity index (χ4v) is 3.29. The molecule has 2 heterocycles. The molecule has 2 rings (SSSR count). The summed E-state index contributed by atoms with van der Waals surface area (Å²) in [6, 6.07) is 2.26. The predicted octanol–water partition coefficient (Wildman–Crippen LogP) is 3.31. The Morgan fingerprint density at radius 3 is 2.22 bits per heavy atom. The third kappa shape index (κ3) is 2.38. The quantitative estimate of drug-likeness (QED) is 0.781. The average molecular weight is 266 g/mol. The molecule has 0 aliphatic carbocycles. The lowest BCUT2D eigenvalue weighted by Crippen LogP contribution is -2.41. The molecular weight excluding hydrogens is 243 g/mol. The second-order valence-corrected chi connectivity index (χ2v) is 7.40. The van der Waals surface area contributed by atoms with E-state index in [2.05, 4.69) is 47.6 Å². The summed E-state index contributed by atoms with van der Waals surface area (Å²) in [4.78, 5) is 2.75. The minimum Gasteiger partial charge on any atom is -0.399 e. The zero-order valence-corrected chi connectivity index (χ0v) is 13.1. The van der Waals surface area contributed by atoms with Crippen molar-refractivity contribution in [1.82, 2.24) is 0 Å². The van der Waals surface area contributed by atoms with Gasteiger partial charge in [0, 0.05) is 9.75 Å². The fraction of sp³-hybridized carbons (Fsp3) is 0.714. The number of rotatable bonds is 3. The SMILES string of the molecule is CCCc1cc(B2OC(C)(C)C(C)(C)O2)c(C)s1. The topological polar surface area (TPSA) is 18.5 Å². The Morgan fingerprint density at radius 2 is 1.72 bits per heavy atom. The third-order valence-corrected chi connectivity index (χ3v) is 5.14. The molecule has 1 aromatic rings. The van der Waals surface area contributed by atoms with Crippen LogP contribution in [0.2, 0.25) is 0 Å². The van der Waals surface area contributed by atoms with Crippen molar-refractivity contribution >= 4 is 23.9 Å². The summed E-state index contributed by atoms with van der Waals surface area (Å²) in [6.45, 7) is 12.8. The van der Waals surface area contributed by atoms with Crippen molar-refractivity contribution in [3.05, 3.63) is 15.8 Å². The van der Waals surface area contributed by atoms with Gasteiger partial charge in [0.05, 0.1) is 11.2 Å². The highest BCUT2D eigenvalue weighted by Crippen LogP contribution is 2.37. The van der Waals surface area contributed by atoms with Gasteiger partial charge in [-0.1, -0.05) is 13.3 Å². The molecule has 0 N–H and O–H groups in total. The first-order chi connectivity index (χ1) is 8.27. The van der Waals surface area contributed by atoms with E-state index in [4.69, 9.17) is 9.31 Å². The number of hydrogen-bond acceptors (Lipinski definition) is 3. The molecule has 1 saturated heterocycles. The van der Waals surface area contributed by atoms with Crippen molar-refractivity contribution in [2.45, 2.75) is 65.6 Å². The summed E-state index contributed by atoms with van der Waals surface area (Å²) in [5.74, 6) is 0. The molecule has 0 aromatic carbocycles. The summed E-state index contributed by atoms with van der Waals surface area (Å²) < 4.78 is 12.2. The summed E-state index contributed by atoms with van der Waals surface area (Å²) in [6.07, 6.45) is 2.33. The molecule has 1 aromatic heterocycles. The van der Waals surface area contributed by atoms with Gasteiger partial charge in [0.15, 0.2) is 0 Å². The molecule has 1 aliphatic rings. The molecule has 18 heavy (non-hydrogen) atoms. The second-order valence-electron chi connectivity index (χ2n) is 6.06. The van der Waals surface area contributed by atoms with Gasteiger partial charge < -0.3 is 9.31 Å². The lowest BCUT2D eigenvalue weighted by molar-refractivity contribution is 0.00578. The van der Waals surface area contributed by atoms with Gasteiger partial charge in [0.25, 0.3) is 0 Å². The van der Waals surface area contributed by atoms with Crippen LogP contribution in [0.25, 0.3) is 0 Å². The summed E-state index contributed by atoms with van der Waals surface area (Å²) in [7, 11) is -0.211. The molecule has 1 fully saturated rings. The zero-order chi connectivity index (χ0) is 13.6. The van der Waals surface area contributed by atoms with Gasteiger partial charge in [-0.25, -0.2) is 0 Å². The molecule has 0 atom stereocenters. The van der Waals surface area contributed by atoms with E-state index < -0.39 is 0 Å². The van der Waals surface area contributed by atoms with Crippen LogP contribution >= 0.6 is 11.3 Å². The van der Waals surface area contributed by atoms with Gasteiger partial charge in [-0.3, -0.25) is 0 Å². The molecule has 100 valence electrons. The van der Waals surface area contributed by atoms with Crippen LogP contribution in [0.15, 0.2) is 6.07 Å². The van der Waals surface area contributed by atoms with E-state index in [0.29, 0.717) is 0 Å². The lowest BCUT2D eigenvalue weighted by atomic mass is 9.79. The van der Waals surface area contributed by atoms with Crippen molar-refractivity contribution < 1.29 is 9.31 Å². The van der Waals surface area contributed by atoms with E-state index in [0.717, 1.165) is 6.42 Å². The maximum absolute atomic E-state index is 6.11. The highest BCUT2D eigenvalue weighted by atomic mass is 32.1. The Morgan fingerprint density at radius 1 is 1.17 bits per heavy atom. The Labute approximate surface area is 115 Å². The number of thiophene rings is 1. The first-order valence-electron chi connectivity index (χ1n) is 6.71. The van der Waals surface area contributed by atoms with E-state index in [-0.39, 0.29) is 18.3 Å². The maximum atomic E-state index is 6.11. The van der Waals surface area contributed by atoms with E-state index in [1.165, 1.54) is 21.6 Å². The zero-order valence-electron chi connectivity index (χ0n) is 12.3. The molecule has 0 radical (unpaired) electrons. The molecule has 0 saturated carbocycles. The molecule has 0 unspecified atom stereocenters. The first-order valence-corrected chi connectivity index (χ1v) is 7.53. The smallest absolute Gasteiger partial charge is 0.399 e. The molecule has 1 aliphatic heterocycles. The first kappa shape index (κ1) is 14.1. The minimum absolute atomic E-state index is 0.211. The van der Waals surface area contributed by atoms with Crippen LogP contribution in [0, 0.1) is 6.92 Å². The summed E-state index contributed by atoms with van der Waals surface area (Å²) in [5, 5.41) is 0. The van der Waals surface area contributed by atoms with Crippen LogP contribution < -0.4 is 5.46 Å². The summed E-state index contributed by atoms with van der Waals surface area (Å²) in [5.41, 5.74) is 0.704. The van der Waals surface area contributed by atoms with Crippen molar-refractivity contribution in [2.24, 2.45) is 0 Å². The minimum atomic E-state index is -0.253. The number of aryl methyl sites for hydroxylation is 2. The monoisotopic (exact) mass is 266 g/mol. The highest BCUT2D eigenvalue weighted by Gasteiger charge is 2.52. The van der Waals surface area contributed by atoms with E-state index in [1.807, 2.05) is 11.3 Å². The molecule has 0 bridgehead atoms. The van der Waals surface area contributed by atoms with E-state index in [1.54, 1.807) is 0 Å². The Bertz CT molecular complexity index is 421. The second kappa shape index (κ2) is 4.66. The molecule has 4 heteroatoms. The van der Waals surface area contributed by atoms with E-state index in [9.17, 15) is 0 Å². The molecular formula is C14H23BO2S. The Hall–Kier alpha value is -0.315. The van der Waals surface area contributed by atoms with Crippen LogP contribution in [-0.2, 0) is 15.7 Å². The van der Waals surface area contributed by atoms with Crippen LogP contribution in [-0.4, -0.2) is 18.3 Å². The van der Waals surface area contributed by atoms with Gasteiger partial charge in [-0.05, 0) is 52.6 Å². The van der Waals surface area contributed by atoms with Gasteiger partial charge in [0.2, 0.25) is 0 Å². The van der Waals surface area contributed by atoms with Crippen LogP contribution in [0.4, 0.5) is 0 Å².